The molecule has 0 unspecified atom stereocenters. The Hall–Kier alpha value is -1.53. The molecular weight excluding hydrogens is 250 g/mol. The van der Waals surface area contributed by atoms with Gasteiger partial charge in [-0.15, -0.1) is 11.3 Å². The van der Waals surface area contributed by atoms with E-state index in [1.54, 1.807) is 30.5 Å². The van der Waals surface area contributed by atoms with E-state index < -0.39 is 11.5 Å². The number of hydrogen-bond acceptors (Lipinski definition) is 5. The Kier molecular flexibility index (Phi) is 3.32. The molecule has 0 aromatic carbocycles. The molecule has 6 heteroatoms. The summed E-state index contributed by atoms with van der Waals surface area (Å²) in [6.07, 6.45) is 2.40. The van der Waals surface area contributed by atoms with Gasteiger partial charge in [-0.05, 0) is 26.3 Å². The van der Waals surface area contributed by atoms with E-state index in [1.165, 1.54) is 11.2 Å². The van der Waals surface area contributed by atoms with Crippen molar-refractivity contribution in [1.29, 1.82) is 0 Å². The van der Waals surface area contributed by atoms with Crippen molar-refractivity contribution in [2.75, 3.05) is 0 Å². The van der Waals surface area contributed by atoms with E-state index in [0.29, 0.717) is 5.82 Å². The number of aromatic nitrogens is 2. The molecule has 0 bridgehead atoms. The maximum atomic E-state index is 11.0. The van der Waals surface area contributed by atoms with Crippen LogP contribution in [0.2, 0.25) is 0 Å². The van der Waals surface area contributed by atoms with Crippen molar-refractivity contribution in [3.8, 4) is 0 Å². The van der Waals surface area contributed by atoms with Gasteiger partial charge >= 0.3 is 0 Å². The summed E-state index contributed by atoms with van der Waals surface area (Å²) in [5, 5.41) is 13.6. The topological polar surface area (TPSA) is 82.5 Å². The molecule has 0 aliphatic rings. The molecule has 2 aromatic rings. The fourth-order valence-corrected chi connectivity index (χ4v) is 2.56. The number of nitrogens with zero attached hydrogens (tertiary/aromatic N) is 2. The number of nitrogens with two attached hydrogens (primary N) is 1. The molecule has 0 saturated heterocycles. The van der Waals surface area contributed by atoms with Crippen molar-refractivity contribution in [2.24, 2.45) is 0 Å². The van der Waals surface area contributed by atoms with Crippen molar-refractivity contribution in [3.05, 3.63) is 17.3 Å². The molecule has 0 spiro atoms. The summed E-state index contributed by atoms with van der Waals surface area (Å²) in [7, 11) is 0. The Morgan fingerprint density at radius 3 is 2.83 bits per heavy atom. The summed E-state index contributed by atoms with van der Waals surface area (Å²) < 4.78 is 0. The first-order chi connectivity index (χ1) is 8.44. The Morgan fingerprint density at radius 1 is 1.50 bits per heavy atom. The van der Waals surface area contributed by atoms with Crippen LogP contribution in [-0.2, 0) is 11.2 Å². The van der Waals surface area contributed by atoms with Gasteiger partial charge < -0.3 is 9.90 Å². The van der Waals surface area contributed by atoms with Crippen LogP contribution in [0.15, 0.2) is 12.4 Å². The number of fused-ring (bicyclic) bond motifs is 1. The number of hydrogen-bond donors (Lipinski definition) is 1. The summed E-state index contributed by atoms with van der Waals surface area (Å²) in [4.78, 5) is 21.5. The van der Waals surface area contributed by atoms with Crippen molar-refractivity contribution < 1.29 is 15.2 Å². The minimum Gasteiger partial charge on any atom is -0.544 e. The lowest BCUT2D eigenvalue weighted by Gasteiger charge is -2.22. The van der Waals surface area contributed by atoms with Crippen LogP contribution in [0, 0.1) is 0 Å². The zero-order chi connectivity index (χ0) is 13.3. The average Bonchev–Trinajstić information content (AvgIpc) is 2.72. The molecule has 2 heterocycles. The van der Waals surface area contributed by atoms with E-state index in [4.69, 9.17) is 0 Å². The van der Waals surface area contributed by atoms with E-state index >= 15 is 0 Å². The quantitative estimate of drug-likeness (QED) is 0.842. The Balaban J connectivity index is 2.45. The number of aliphatic carboxylic acids is 1. The number of rotatable bonds is 4. The standard InChI is InChI=1S/C12H15N3O2S/c1-4-7-5-8-9(13-6-14-10(8)18-7)15-12(2,3)11(16)17/h5-6H,4H2,1-3H3,(H,16,17)(H,13,14,15). The molecule has 0 fully saturated rings. The number of thiophene rings is 1. The van der Waals surface area contributed by atoms with Crippen LogP contribution in [-0.4, -0.2) is 21.5 Å². The second-order valence-electron chi connectivity index (χ2n) is 4.70. The zero-order valence-corrected chi connectivity index (χ0v) is 11.4. The third kappa shape index (κ3) is 2.34. The second-order valence-corrected chi connectivity index (χ2v) is 5.81. The number of quaternary nitrogens is 1. The molecule has 0 saturated carbocycles. The SMILES string of the molecule is CCc1cc2c([NH2+]C(C)(C)C(=O)[O-])ncnc2s1. The minimum atomic E-state index is -1.11. The molecule has 2 rings (SSSR count). The van der Waals surface area contributed by atoms with Crippen LogP contribution in [0.4, 0.5) is 5.82 Å². The van der Waals surface area contributed by atoms with Crippen LogP contribution < -0.4 is 10.4 Å². The van der Waals surface area contributed by atoms with Crippen molar-refractivity contribution in [2.45, 2.75) is 32.7 Å². The highest BCUT2D eigenvalue weighted by Crippen LogP contribution is 2.26. The number of carbonyl (C=O) groups is 1. The largest absolute Gasteiger partial charge is 0.544 e. The molecule has 0 amide bonds. The molecule has 0 radical (unpaired) electrons. The first kappa shape index (κ1) is 12.9. The highest BCUT2D eigenvalue weighted by atomic mass is 32.1. The third-order valence-electron chi connectivity index (χ3n) is 2.78. The van der Waals surface area contributed by atoms with Gasteiger partial charge in [-0.1, -0.05) is 6.92 Å². The van der Waals surface area contributed by atoms with Gasteiger partial charge in [-0.3, -0.25) is 5.32 Å². The highest BCUT2D eigenvalue weighted by molar-refractivity contribution is 7.18. The van der Waals surface area contributed by atoms with Crippen LogP contribution in [0.5, 0.6) is 0 Å². The maximum absolute atomic E-state index is 11.0. The first-order valence-electron chi connectivity index (χ1n) is 5.75. The average molecular weight is 265 g/mol. The first-order valence-corrected chi connectivity index (χ1v) is 6.56. The lowest BCUT2D eigenvalue weighted by molar-refractivity contribution is -0.642. The van der Waals surface area contributed by atoms with E-state index in [-0.39, 0.29) is 0 Å². The van der Waals surface area contributed by atoms with E-state index in [2.05, 4.69) is 16.9 Å². The molecule has 2 N–H and O–H groups in total. The van der Waals surface area contributed by atoms with Gasteiger partial charge in [0.25, 0.3) is 0 Å². The number of carboxylic acids is 1. The smallest absolute Gasteiger partial charge is 0.236 e. The van der Waals surface area contributed by atoms with Crippen molar-refractivity contribution >= 4 is 33.3 Å². The number of carboxylic acid groups (broad SMARTS) is 1. The highest BCUT2D eigenvalue weighted by Gasteiger charge is 2.26. The normalized spacial score (nSPS) is 11.9. The second kappa shape index (κ2) is 4.62. The molecule has 2 aromatic heterocycles. The van der Waals surface area contributed by atoms with Gasteiger partial charge in [0, 0.05) is 4.88 Å². The minimum absolute atomic E-state index is 0.658. The summed E-state index contributed by atoms with van der Waals surface area (Å²) in [6.45, 7) is 5.28. The molecule has 96 valence electrons. The molecular formula is C12H15N3O2S. The van der Waals surface area contributed by atoms with Crippen molar-refractivity contribution in [3.63, 3.8) is 0 Å². The lowest BCUT2D eigenvalue weighted by Crippen LogP contribution is -2.94. The predicted molar refractivity (Wildman–Crippen MR) is 67.5 cm³/mol. The Labute approximate surface area is 109 Å². The zero-order valence-electron chi connectivity index (χ0n) is 10.6. The molecule has 0 atom stereocenters. The molecule has 0 aliphatic heterocycles. The summed E-state index contributed by atoms with van der Waals surface area (Å²) >= 11 is 1.61. The fourth-order valence-electron chi connectivity index (χ4n) is 1.61. The van der Waals surface area contributed by atoms with Gasteiger partial charge in [0.1, 0.15) is 22.7 Å². The maximum Gasteiger partial charge on any atom is 0.236 e. The van der Waals surface area contributed by atoms with Gasteiger partial charge in [0.15, 0.2) is 0 Å². The predicted octanol–water partition coefficient (Wildman–Crippen LogP) is -0.0229. The lowest BCUT2D eigenvalue weighted by atomic mass is 10.1. The van der Waals surface area contributed by atoms with Crippen LogP contribution in [0.1, 0.15) is 25.6 Å². The summed E-state index contributed by atoms with van der Waals surface area (Å²) in [6, 6.07) is 2.02. The Bertz CT molecular complexity index is 592. The van der Waals surface area contributed by atoms with Gasteiger partial charge in [0.05, 0.1) is 5.39 Å². The van der Waals surface area contributed by atoms with E-state index in [9.17, 15) is 9.90 Å². The monoisotopic (exact) mass is 265 g/mol. The third-order valence-corrected chi connectivity index (χ3v) is 3.97. The van der Waals surface area contributed by atoms with E-state index in [0.717, 1.165) is 16.6 Å². The van der Waals surface area contributed by atoms with Gasteiger partial charge in [-0.2, -0.15) is 4.98 Å². The molecule has 18 heavy (non-hydrogen) atoms. The van der Waals surface area contributed by atoms with Crippen LogP contribution in [0.25, 0.3) is 10.2 Å². The van der Waals surface area contributed by atoms with Gasteiger partial charge in [0.2, 0.25) is 5.82 Å². The van der Waals surface area contributed by atoms with E-state index in [1.807, 2.05) is 6.07 Å². The number of carbonyl (C=O) groups excluding carboxylic acids is 1. The molecule has 0 aliphatic carbocycles. The fraction of sp³-hybridized carbons (Fsp3) is 0.417. The van der Waals surface area contributed by atoms with Crippen molar-refractivity contribution in [1.82, 2.24) is 9.97 Å². The van der Waals surface area contributed by atoms with Crippen LogP contribution >= 0.6 is 11.3 Å². The number of aryl methyl sites for hydroxylation is 1. The summed E-state index contributed by atoms with van der Waals surface area (Å²) in [5.41, 5.74) is -1.05. The molecule has 5 nitrogen and oxygen atoms in total. The Morgan fingerprint density at radius 2 is 2.22 bits per heavy atom. The van der Waals surface area contributed by atoms with Gasteiger partial charge in [-0.25, -0.2) is 4.98 Å². The summed E-state index contributed by atoms with van der Waals surface area (Å²) in [5.74, 6) is -0.453. The van der Waals surface area contributed by atoms with Crippen LogP contribution in [0.3, 0.4) is 0 Å².